The van der Waals surface area contributed by atoms with Gasteiger partial charge in [0.05, 0.1) is 16.8 Å². The van der Waals surface area contributed by atoms with Crippen LogP contribution in [0.25, 0.3) is 22.6 Å². The molecule has 0 bridgehead atoms. The van der Waals surface area contributed by atoms with Crippen molar-refractivity contribution in [2.45, 2.75) is 13.1 Å². The molecule has 0 saturated heterocycles. The highest BCUT2D eigenvalue weighted by molar-refractivity contribution is 9.10. The minimum atomic E-state index is -0.915. The van der Waals surface area contributed by atoms with E-state index in [1.54, 1.807) is 0 Å². The summed E-state index contributed by atoms with van der Waals surface area (Å²) < 4.78 is 0.994. The molecule has 0 unspecified atom stereocenters. The highest BCUT2D eigenvalue weighted by atomic mass is 79.9. The second-order valence-corrected chi connectivity index (χ2v) is 8.81. The average molecular weight is 485 g/mol. The Balaban J connectivity index is 1.70. The Labute approximate surface area is 195 Å². The molecule has 4 nitrogen and oxygen atoms in total. The topological polar surface area (TPSA) is 53.4 Å². The quantitative estimate of drug-likeness (QED) is 0.371. The van der Waals surface area contributed by atoms with Crippen LogP contribution in [-0.4, -0.2) is 27.5 Å². The standard InChI is InChI=1S/C27H21BrN2O2/c28-23-12-6-4-10-19(23)14-20-16-30(15-18-8-2-1-3-9-18)17-22-25(27(31)32)21-11-5-7-13-24(21)29-26(20)22/h1-14H,15-17H2,(H,31,32). The van der Waals surface area contributed by atoms with E-state index in [1.165, 1.54) is 5.56 Å². The summed E-state index contributed by atoms with van der Waals surface area (Å²) in [6.07, 6.45) is 2.12. The number of benzene rings is 3. The number of para-hydroxylation sites is 1. The highest BCUT2D eigenvalue weighted by Gasteiger charge is 2.28. The lowest BCUT2D eigenvalue weighted by Crippen LogP contribution is -2.31. The van der Waals surface area contributed by atoms with E-state index in [2.05, 4.69) is 39.0 Å². The number of nitrogens with zero attached hydrogens (tertiary/aromatic N) is 2. The average Bonchev–Trinajstić information content (AvgIpc) is 2.80. The molecule has 1 aliphatic heterocycles. The molecule has 0 saturated carbocycles. The molecule has 0 atom stereocenters. The zero-order valence-corrected chi connectivity index (χ0v) is 18.9. The molecule has 0 spiro atoms. The van der Waals surface area contributed by atoms with Gasteiger partial charge in [0.2, 0.25) is 0 Å². The molecule has 3 aromatic carbocycles. The number of pyridine rings is 1. The second kappa shape index (κ2) is 8.69. The van der Waals surface area contributed by atoms with Gasteiger partial charge >= 0.3 is 5.97 Å². The van der Waals surface area contributed by atoms with Crippen LogP contribution in [0.3, 0.4) is 0 Å². The van der Waals surface area contributed by atoms with Crippen LogP contribution < -0.4 is 0 Å². The van der Waals surface area contributed by atoms with Crippen LogP contribution in [-0.2, 0) is 13.1 Å². The zero-order valence-electron chi connectivity index (χ0n) is 17.3. The van der Waals surface area contributed by atoms with Crippen molar-refractivity contribution in [3.05, 3.63) is 111 Å². The van der Waals surface area contributed by atoms with Crippen LogP contribution in [0, 0.1) is 0 Å². The molecule has 1 aromatic heterocycles. The highest BCUT2D eigenvalue weighted by Crippen LogP contribution is 2.35. The number of carbonyl (C=O) groups is 1. The van der Waals surface area contributed by atoms with Crippen LogP contribution in [0.1, 0.15) is 32.7 Å². The van der Waals surface area contributed by atoms with Gasteiger partial charge in [0.25, 0.3) is 0 Å². The van der Waals surface area contributed by atoms with Crippen LogP contribution in [0.2, 0.25) is 0 Å². The molecule has 0 amide bonds. The van der Waals surface area contributed by atoms with E-state index < -0.39 is 5.97 Å². The maximum Gasteiger partial charge on any atom is 0.336 e. The van der Waals surface area contributed by atoms with Gasteiger partial charge in [0, 0.05) is 35.1 Å². The number of rotatable bonds is 4. The van der Waals surface area contributed by atoms with E-state index in [9.17, 15) is 9.90 Å². The Kier molecular flexibility index (Phi) is 5.60. The zero-order chi connectivity index (χ0) is 22.1. The van der Waals surface area contributed by atoms with Crippen molar-refractivity contribution < 1.29 is 9.90 Å². The van der Waals surface area contributed by atoms with Crippen molar-refractivity contribution in [2.24, 2.45) is 0 Å². The molecule has 4 aromatic rings. The Hall–Kier alpha value is -3.28. The third-order valence-electron chi connectivity index (χ3n) is 5.77. The largest absolute Gasteiger partial charge is 0.478 e. The van der Waals surface area contributed by atoms with Crippen LogP contribution in [0.5, 0.6) is 0 Å². The fourth-order valence-corrected chi connectivity index (χ4v) is 4.76. The molecule has 1 N–H and O–H groups in total. The van der Waals surface area contributed by atoms with Gasteiger partial charge in [-0.05, 0) is 34.9 Å². The maximum atomic E-state index is 12.4. The van der Waals surface area contributed by atoms with Crippen LogP contribution >= 0.6 is 15.9 Å². The summed E-state index contributed by atoms with van der Waals surface area (Å²) in [5.41, 5.74) is 5.86. The van der Waals surface area contributed by atoms with Gasteiger partial charge in [0.15, 0.2) is 0 Å². The molecule has 1 aliphatic rings. The lowest BCUT2D eigenvalue weighted by Gasteiger charge is -2.31. The minimum Gasteiger partial charge on any atom is -0.478 e. The third kappa shape index (κ3) is 3.97. The lowest BCUT2D eigenvalue weighted by atomic mass is 9.91. The fourth-order valence-electron chi connectivity index (χ4n) is 4.36. The normalized spacial score (nSPS) is 15.1. The Bertz CT molecular complexity index is 1350. The van der Waals surface area contributed by atoms with E-state index in [1.807, 2.05) is 66.7 Å². The number of carboxylic acid groups (broad SMARTS) is 1. The number of halogens is 1. The number of hydrogen-bond acceptors (Lipinski definition) is 3. The predicted octanol–water partition coefficient (Wildman–Crippen LogP) is 6.25. The first-order chi connectivity index (χ1) is 15.6. The van der Waals surface area contributed by atoms with Crippen LogP contribution in [0.4, 0.5) is 0 Å². The van der Waals surface area contributed by atoms with E-state index in [0.717, 1.165) is 33.4 Å². The molecular weight excluding hydrogens is 464 g/mol. The Morgan fingerprint density at radius 3 is 2.47 bits per heavy atom. The number of carboxylic acids is 1. The SMILES string of the molecule is O=C(O)c1c2c(nc3ccccc13)C(=Cc1ccccc1Br)CN(Cc1ccccc1)C2. The molecule has 0 radical (unpaired) electrons. The van der Waals surface area contributed by atoms with E-state index in [4.69, 9.17) is 4.98 Å². The molecule has 158 valence electrons. The van der Waals surface area contributed by atoms with Gasteiger partial charge in [-0.25, -0.2) is 9.78 Å². The van der Waals surface area contributed by atoms with Crippen molar-refractivity contribution in [3.8, 4) is 0 Å². The summed E-state index contributed by atoms with van der Waals surface area (Å²) >= 11 is 3.64. The van der Waals surface area contributed by atoms with Crippen LogP contribution in [0.15, 0.2) is 83.3 Å². The first-order valence-electron chi connectivity index (χ1n) is 10.5. The first-order valence-corrected chi connectivity index (χ1v) is 11.3. The summed E-state index contributed by atoms with van der Waals surface area (Å²) in [5, 5.41) is 10.8. The number of aromatic nitrogens is 1. The van der Waals surface area contributed by atoms with Gasteiger partial charge in [-0.3, -0.25) is 4.90 Å². The molecule has 5 rings (SSSR count). The molecule has 5 heteroatoms. The lowest BCUT2D eigenvalue weighted by molar-refractivity contribution is 0.0696. The predicted molar refractivity (Wildman–Crippen MR) is 131 cm³/mol. The molecule has 0 aliphatic carbocycles. The van der Waals surface area contributed by atoms with Gasteiger partial charge in [-0.2, -0.15) is 0 Å². The van der Waals surface area contributed by atoms with Crippen molar-refractivity contribution >= 4 is 44.5 Å². The number of aromatic carboxylic acids is 1. The summed E-state index contributed by atoms with van der Waals surface area (Å²) in [7, 11) is 0. The molecule has 32 heavy (non-hydrogen) atoms. The van der Waals surface area contributed by atoms with Gasteiger partial charge < -0.3 is 5.11 Å². The van der Waals surface area contributed by atoms with E-state index >= 15 is 0 Å². The molecule has 0 fully saturated rings. The molecule has 2 heterocycles. The Morgan fingerprint density at radius 2 is 1.69 bits per heavy atom. The number of fused-ring (bicyclic) bond motifs is 2. The second-order valence-electron chi connectivity index (χ2n) is 7.96. The van der Waals surface area contributed by atoms with E-state index in [0.29, 0.717) is 29.6 Å². The van der Waals surface area contributed by atoms with Gasteiger partial charge in [-0.15, -0.1) is 0 Å². The van der Waals surface area contributed by atoms with Crippen molar-refractivity contribution in [3.63, 3.8) is 0 Å². The Morgan fingerprint density at radius 1 is 0.969 bits per heavy atom. The van der Waals surface area contributed by atoms with E-state index in [-0.39, 0.29) is 0 Å². The van der Waals surface area contributed by atoms with Gasteiger partial charge in [-0.1, -0.05) is 82.7 Å². The van der Waals surface area contributed by atoms with Gasteiger partial charge in [0.1, 0.15) is 0 Å². The summed E-state index contributed by atoms with van der Waals surface area (Å²) in [5.74, 6) is -0.915. The third-order valence-corrected chi connectivity index (χ3v) is 6.49. The summed E-state index contributed by atoms with van der Waals surface area (Å²) in [6, 6.07) is 25.8. The minimum absolute atomic E-state index is 0.349. The monoisotopic (exact) mass is 484 g/mol. The maximum absolute atomic E-state index is 12.4. The molecular formula is C27H21BrN2O2. The van der Waals surface area contributed by atoms with Crippen molar-refractivity contribution in [1.82, 2.24) is 9.88 Å². The first kappa shape index (κ1) is 20.6. The van der Waals surface area contributed by atoms with Crippen molar-refractivity contribution in [2.75, 3.05) is 6.54 Å². The number of hydrogen-bond donors (Lipinski definition) is 1. The summed E-state index contributed by atoms with van der Waals surface area (Å²) in [6.45, 7) is 1.96. The fraction of sp³-hybridized carbons (Fsp3) is 0.111. The van der Waals surface area contributed by atoms with Crippen molar-refractivity contribution in [1.29, 1.82) is 0 Å². The summed E-state index contributed by atoms with van der Waals surface area (Å²) in [4.78, 5) is 19.6. The smallest absolute Gasteiger partial charge is 0.336 e.